The van der Waals surface area contributed by atoms with Gasteiger partial charge in [-0.3, -0.25) is 4.40 Å². The summed E-state index contributed by atoms with van der Waals surface area (Å²) >= 11 is 3.39. The second-order valence-corrected chi connectivity index (χ2v) is 5.18. The van der Waals surface area contributed by atoms with Crippen LogP contribution >= 0.6 is 15.9 Å². The van der Waals surface area contributed by atoms with Crippen LogP contribution in [0.2, 0.25) is 0 Å². The molecule has 1 aromatic carbocycles. The third-order valence-corrected chi connectivity index (χ3v) is 3.26. The number of pyridine rings is 1. The number of anilines is 1. The van der Waals surface area contributed by atoms with E-state index in [1.807, 2.05) is 24.3 Å². The summed E-state index contributed by atoms with van der Waals surface area (Å²) in [5.41, 5.74) is 7.84. The monoisotopic (exact) mass is 318 g/mol. The van der Waals surface area contributed by atoms with Gasteiger partial charge in [0.25, 0.3) is 0 Å². The molecular formula is C13H11BrN4O. The summed E-state index contributed by atoms with van der Waals surface area (Å²) in [5.74, 6) is 0. The fourth-order valence-corrected chi connectivity index (χ4v) is 2.57. The van der Waals surface area contributed by atoms with Crippen LogP contribution in [0.25, 0.3) is 5.65 Å². The van der Waals surface area contributed by atoms with Gasteiger partial charge >= 0.3 is 5.69 Å². The van der Waals surface area contributed by atoms with Crippen LogP contribution in [0.5, 0.6) is 0 Å². The zero-order valence-electron chi connectivity index (χ0n) is 9.95. The number of nitrogens with two attached hydrogens (primary N) is 1. The van der Waals surface area contributed by atoms with Gasteiger partial charge in [0.1, 0.15) is 0 Å². The number of aromatic nitrogens is 3. The van der Waals surface area contributed by atoms with Gasteiger partial charge in [-0.15, -0.1) is 5.10 Å². The molecule has 0 spiro atoms. The second-order valence-electron chi connectivity index (χ2n) is 4.26. The maximum atomic E-state index is 12.1. The molecule has 2 heterocycles. The molecule has 0 atom stereocenters. The average molecular weight is 319 g/mol. The number of nitrogens with zero attached hydrogens (tertiary/aromatic N) is 3. The van der Waals surface area contributed by atoms with Crippen molar-refractivity contribution in [1.29, 1.82) is 0 Å². The highest BCUT2D eigenvalue weighted by atomic mass is 79.9. The summed E-state index contributed by atoms with van der Waals surface area (Å²) in [7, 11) is 0. The minimum Gasteiger partial charge on any atom is -0.399 e. The Bertz CT molecular complexity index is 786. The van der Waals surface area contributed by atoms with E-state index in [0.717, 1.165) is 10.0 Å². The molecule has 0 bridgehead atoms. The number of fused-ring (bicyclic) bond motifs is 1. The molecule has 0 radical (unpaired) electrons. The summed E-state index contributed by atoms with van der Waals surface area (Å²) in [6, 6.07) is 11.0. The molecule has 2 aromatic heterocycles. The summed E-state index contributed by atoms with van der Waals surface area (Å²) in [5, 5.41) is 4.28. The van der Waals surface area contributed by atoms with E-state index in [-0.39, 0.29) is 5.69 Å². The van der Waals surface area contributed by atoms with Crippen molar-refractivity contribution in [3.8, 4) is 0 Å². The maximum Gasteiger partial charge on any atom is 0.350 e. The highest BCUT2D eigenvalue weighted by Gasteiger charge is 2.07. The lowest BCUT2D eigenvalue weighted by Gasteiger charge is -2.03. The van der Waals surface area contributed by atoms with Crippen molar-refractivity contribution >= 4 is 27.3 Å². The van der Waals surface area contributed by atoms with Crippen LogP contribution in [0.3, 0.4) is 0 Å². The van der Waals surface area contributed by atoms with Crippen molar-refractivity contribution in [3.05, 3.63) is 63.1 Å². The van der Waals surface area contributed by atoms with E-state index in [4.69, 9.17) is 5.73 Å². The number of nitrogen functional groups attached to an aromatic ring is 1. The molecule has 0 fully saturated rings. The lowest BCUT2D eigenvalue weighted by molar-refractivity contribution is 0.658. The smallest absolute Gasteiger partial charge is 0.350 e. The Labute approximate surface area is 117 Å². The molecule has 0 unspecified atom stereocenters. The van der Waals surface area contributed by atoms with Gasteiger partial charge in [-0.2, -0.15) is 0 Å². The number of hydrogen-bond donors (Lipinski definition) is 1. The first-order chi connectivity index (χ1) is 9.13. The SMILES string of the molecule is Nc1cc(Br)cc(Cn2nc3ccccn3c2=O)c1. The van der Waals surface area contributed by atoms with Gasteiger partial charge in [0.2, 0.25) is 0 Å². The molecule has 0 amide bonds. The molecule has 0 aliphatic carbocycles. The standard InChI is InChI=1S/C13H11BrN4O/c14-10-5-9(6-11(15)7-10)8-18-13(19)17-4-2-1-3-12(17)16-18/h1-7H,8,15H2. The predicted molar refractivity (Wildman–Crippen MR) is 77.1 cm³/mol. The summed E-state index contributed by atoms with van der Waals surface area (Å²) in [4.78, 5) is 12.1. The van der Waals surface area contributed by atoms with Gasteiger partial charge in [-0.1, -0.05) is 22.0 Å². The van der Waals surface area contributed by atoms with Gasteiger partial charge < -0.3 is 5.73 Å². The summed E-state index contributed by atoms with van der Waals surface area (Å²) < 4.78 is 3.83. The van der Waals surface area contributed by atoms with Crippen molar-refractivity contribution in [2.75, 3.05) is 5.73 Å². The van der Waals surface area contributed by atoms with Crippen LogP contribution in [0.4, 0.5) is 5.69 Å². The highest BCUT2D eigenvalue weighted by Crippen LogP contribution is 2.17. The molecule has 0 saturated carbocycles. The van der Waals surface area contributed by atoms with Crippen LogP contribution < -0.4 is 11.4 Å². The van der Waals surface area contributed by atoms with Crippen molar-refractivity contribution in [2.24, 2.45) is 0 Å². The Hall–Kier alpha value is -2.08. The highest BCUT2D eigenvalue weighted by molar-refractivity contribution is 9.10. The summed E-state index contributed by atoms with van der Waals surface area (Å²) in [6.45, 7) is 0.393. The zero-order chi connectivity index (χ0) is 13.4. The number of hydrogen-bond acceptors (Lipinski definition) is 3. The number of benzene rings is 1. The lowest BCUT2D eigenvalue weighted by atomic mass is 10.2. The van der Waals surface area contributed by atoms with Gasteiger partial charge in [0.05, 0.1) is 6.54 Å². The molecular weight excluding hydrogens is 308 g/mol. The van der Waals surface area contributed by atoms with Gasteiger partial charge in [0, 0.05) is 16.4 Å². The number of halogens is 1. The van der Waals surface area contributed by atoms with E-state index in [1.165, 1.54) is 9.08 Å². The molecule has 0 aliphatic heterocycles. The van der Waals surface area contributed by atoms with E-state index in [0.29, 0.717) is 17.9 Å². The Morgan fingerprint density at radius 1 is 1.26 bits per heavy atom. The molecule has 3 rings (SSSR count). The molecule has 2 N–H and O–H groups in total. The average Bonchev–Trinajstić information content (AvgIpc) is 2.66. The van der Waals surface area contributed by atoms with Gasteiger partial charge in [-0.25, -0.2) is 9.48 Å². The molecule has 5 nitrogen and oxygen atoms in total. The topological polar surface area (TPSA) is 65.3 Å². The van der Waals surface area contributed by atoms with Gasteiger partial charge in [0.15, 0.2) is 5.65 Å². The quantitative estimate of drug-likeness (QED) is 0.734. The van der Waals surface area contributed by atoms with E-state index >= 15 is 0 Å². The van der Waals surface area contributed by atoms with E-state index < -0.39 is 0 Å². The van der Waals surface area contributed by atoms with Crippen LogP contribution in [-0.2, 0) is 6.54 Å². The van der Waals surface area contributed by atoms with Crippen molar-refractivity contribution in [3.63, 3.8) is 0 Å². The van der Waals surface area contributed by atoms with E-state index in [2.05, 4.69) is 21.0 Å². The van der Waals surface area contributed by atoms with Crippen LogP contribution in [0.15, 0.2) is 51.9 Å². The molecule has 0 aliphatic rings. The Morgan fingerprint density at radius 3 is 2.84 bits per heavy atom. The van der Waals surface area contributed by atoms with Gasteiger partial charge in [-0.05, 0) is 35.9 Å². The Morgan fingerprint density at radius 2 is 2.11 bits per heavy atom. The van der Waals surface area contributed by atoms with Crippen molar-refractivity contribution < 1.29 is 0 Å². The third kappa shape index (κ3) is 2.26. The first-order valence-electron chi connectivity index (χ1n) is 5.72. The summed E-state index contributed by atoms with van der Waals surface area (Å²) in [6.07, 6.45) is 1.70. The van der Waals surface area contributed by atoms with Crippen LogP contribution in [0, 0.1) is 0 Å². The number of rotatable bonds is 2. The minimum absolute atomic E-state index is 0.158. The Kier molecular flexibility index (Phi) is 2.87. The molecule has 3 aromatic rings. The van der Waals surface area contributed by atoms with Crippen LogP contribution in [0.1, 0.15) is 5.56 Å². The molecule has 96 valence electrons. The fourth-order valence-electron chi connectivity index (χ4n) is 2.01. The maximum absolute atomic E-state index is 12.1. The van der Waals surface area contributed by atoms with E-state index in [1.54, 1.807) is 18.3 Å². The lowest BCUT2D eigenvalue weighted by Crippen LogP contribution is -2.21. The first-order valence-corrected chi connectivity index (χ1v) is 6.52. The fraction of sp³-hybridized carbons (Fsp3) is 0.0769. The second kappa shape index (κ2) is 4.55. The molecule has 0 saturated heterocycles. The minimum atomic E-state index is -0.158. The third-order valence-electron chi connectivity index (χ3n) is 2.80. The first kappa shape index (κ1) is 12.0. The van der Waals surface area contributed by atoms with Crippen LogP contribution in [-0.4, -0.2) is 14.2 Å². The van der Waals surface area contributed by atoms with E-state index in [9.17, 15) is 4.79 Å². The molecule has 6 heteroatoms. The van der Waals surface area contributed by atoms with Crippen molar-refractivity contribution in [1.82, 2.24) is 14.2 Å². The predicted octanol–water partition coefficient (Wildman–Crippen LogP) is 1.89. The van der Waals surface area contributed by atoms with Crippen molar-refractivity contribution in [2.45, 2.75) is 6.54 Å². The largest absolute Gasteiger partial charge is 0.399 e. The Balaban J connectivity index is 2.06. The normalized spacial score (nSPS) is 11.0. The molecule has 19 heavy (non-hydrogen) atoms. The zero-order valence-corrected chi connectivity index (χ0v) is 11.5.